The summed E-state index contributed by atoms with van der Waals surface area (Å²) in [5, 5.41) is 10.5. The quantitative estimate of drug-likeness (QED) is 0.388. The van der Waals surface area contributed by atoms with E-state index in [0.717, 1.165) is 0 Å². The van der Waals surface area contributed by atoms with Crippen LogP contribution in [0.5, 0.6) is 0 Å². The number of rotatable bonds is 2. The van der Waals surface area contributed by atoms with E-state index in [1.165, 1.54) is 6.92 Å². The molecule has 0 aromatic heterocycles. The van der Waals surface area contributed by atoms with Gasteiger partial charge in [0.05, 0.1) is 0 Å². The van der Waals surface area contributed by atoms with Crippen molar-refractivity contribution in [3.05, 3.63) is 0 Å². The van der Waals surface area contributed by atoms with E-state index in [9.17, 15) is 14.4 Å². The summed E-state index contributed by atoms with van der Waals surface area (Å²) >= 11 is 0. The Bertz CT molecular complexity index is 227. The van der Waals surface area contributed by atoms with Crippen LogP contribution in [0.3, 0.4) is 0 Å². The summed E-state index contributed by atoms with van der Waals surface area (Å²) in [6.07, 6.45) is 0. The molecule has 1 fully saturated rings. The van der Waals surface area contributed by atoms with Gasteiger partial charge in [-0.1, -0.05) is 0 Å². The summed E-state index contributed by atoms with van der Waals surface area (Å²) in [5.41, 5.74) is 0. The van der Waals surface area contributed by atoms with Gasteiger partial charge < -0.3 is 10.4 Å². The lowest BCUT2D eigenvalue weighted by atomic mass is 9.87. The first-order chi connectivity index (χ1) is 5.04. The second-order valence-corrected chi connectivity index (χ2v) is 2.41. The molecule has 2 unspecified atom stereocenters. The number of nitrogens with one attached hydrogen (secondary N) is 1. The highest BCUT2D eigenvalue weighted by atomic mass is 16.4. The maximum atomic E-state index is 10.6. The number of carboxylic acids is 1. The predicted octanol–water partition coefficient (Wildman–Crippen LogP) is -1.23. The second-order valence-electron chi connectivity index (χ2n) is 2.41. The predicted molar refractivity (Wildman–Crippen MR) is 33.7 cm³/mol. The van der Waals surface area contributed by atoms with Gasteiger partial charge in [0.1, 0.15) is 17.7 Å². The van der Waals surface area contributed by atoms with Crippen molar-refractivity contribution in [3.63, 3.8) is 0 Å². The summed E-state index contributed by atoms with van der Waals surface area (Å²) in [7, 11) is 0. The minimum absolute atomic E-state index is 0.402. The van der Waals surface area contributed by atoms with Crippen molar-refractivity contribution >= 4 is 17.7 Å². The molecule has 0 bridgehead atoms. The van der Waals surface area contributed by atoms with Gasteiger partial charge in [0.25, 0.3) is 0 Å². The van der Waals surface area contributed by atoms with Gasteiger partial charge in [0, 0.05) is 0 Å². The van der Waals surface area contributed by atoms with Crippen LogP contribution >= 0.6 is 0 Å². The number of carbonyl (C=O) groups is 3. The van der Waals surface area contributed by atoms with Crippen LogP contribution in [0.1, 0.15) is 6.92 Å². The first kappa shape index (κ1) is 7.71. The lowest BCUT2D eigenvalue weighted by molar-refractivity contribution is -0.156. The van der Waals surface area contributed by atoms with Crippen molar-refractivity contribution in [3.8, 4) is 0 Å². The van der Waals surface area contributed by atoms with E-state index in [4.69, 9.17) is 5.11 Å². The maximum Gasteiger partial charge on any atom is 0.327 e. The Kier molecular flexibility index (Phi) is 1.64. The van der Waals surface area contributed by atoms with Crippen molar-refractivity contribution < 1.29 is 19.5 Å². The van der Waals surface area contributed by atoms with Crippen molar-refractivity contribution in [1.82, 2.24) is 5.32 Å². The van der Waals surface area contributed by atoms with E-state index < -0.39 is 29.6 Å². The minimum atomic E-state index is -1.16. The lowest BCUT2D eigenvalue weighted by Crippen LogP contribution is -2.64. The Hall–Kier alpha value is -1.39. The minimum Gasteiger partial charge on any atom is -0.480 e. The number of hydrogen-bond donors (Lipinski definition) is 2. The zero-order valence-electron chi connectivity index (χ0n) is 5.83. The third kappa shape index (κ3) is 1.09. The van der Waals surface area contributed by atoms with Gasteiger partial charge in [-0.15, -0.1) is 0 Å². The van der Waals surface area contributed by atoms with E-state index in [2.05, 4.69) is 5.32 Å². The maximum absolute atomic E-state index is 10.6. The molecule has 0 aromatic carbocycles. The third-order valence-electron chi connectivity index (χ3n) is 1.62. The van der Waals surface area contributed by atoms with E-state index >= 15 is 0 Å². The van der Waals surface area contributed by atoms with Crippen molar-refractivity contribution in [2.75, 3.05) is 0 Å². The molecule has 2 N–H and O–H groups in total. The van der Waals surface area contributed by atoms with E-state index in [0.29, 0.717) is 0 Å². The molecule has 0 radical (unpaired) electrons. The Morgan fingerprint density at radius 2 is 2.09 bits per heavy atom. The molecule has 2 atom stereocenters. The summed E-state index contributed by atoms with van der Waals surface area (Å²) in [4.78, 5) is 31.5. The number of β-lactam (4-membered cyclic amide) rings is 1. The average Bonchev–Trinajstić information content (AvgIpc) is 1.80. The molecule has 5 heteroatoms. The van der Waals surface area contributed by atoms with Gasteiger partial charge in [0.15, 0.2) is 0 Å². The molecule has 1 rings (SSSR count). The normalized spacial score (nSPS) is 28.6. The van der Waals surface area contributed by atoms with Gasteiger partial charge in [-0.25, -0.2) is 4.79 Å². The zero-order valence-corrected chi connectivity index (χ0v) is 5.83. The van der Waals surface area contributed by atoms with E-state index in [1.54, 1.807) is 0 Å². The van der Waals surface area contributed by atoms with E-state index in [-0.39, 0.29) is 0 Å². The van der Waals surface area contributed by atoms with E-state index in [1.807, 2.05) is 0 Å². The molecule has 1 aliphatic rings. The van der Waals surface area contributed by atoms with Crippen molar-refractivity contribution in [1.29, 1.82) is 0 Å². The van der Waals surface area contributed by atoms with Crippen molar-refractivity contribution in [2.45, 2.75) is 13.0 Å². The molecular weight excluding hydrogens is 150 g/mol. The number of ketones is 1. The van der Waals surface area contributed by atoms with Crippen LogP contribution in [0.4, 0.5) is 0 Å². The Morgan fingerprint density at radius 1 is 1.55 bits per heavy atom. The Morgan fingerprint density at radius 3 is 2.27 bits per heavy atom. The highest BCUT2D eigenvalue weighted by molar-refractivity contribution is 6.10. The largest absolute Gasteiger partial charge is 0.480 e. The molecule has 1 heterocycles. The zero-order chi connectivity index (χ0) is 8.59. The van der Waals surface area contributed by atoms with Crippen molar-refractivity contribution in [2.24, 2.45) is 5.92 Å². The number of amides is 1. The van der Waals surface area contributed by atoms with Gasteiger partial charge >= 0.3 is 5.97 Å². The van der Waals surface area contributed by atoms with Gasteiger partial charge in [-0.05, 0) is 6.92 Å². The molecule has 0 saturated carbocycles. The molecule has 1 amide bonds. The summed E-state index contributed by atoms with van der Waals surface area (Å²) in [6.45, 7) is 1.21. The molecule has 60 valence electrons. The second kappa shape index (κ2) is 2.34. The van der Waals surface area contributed by atoms with Gasteiger partial charge in [-0.3, -0.25) is 9.59 Å². The fourth-order valence-electron chi connectivity index (χ4n) is 1.01. The van der Waals surface area contributed by atoms with Crippen LogP contribution in [-0.2, 0) is 14.4 Å². The summed E-state index contributed by atoms with van der Waals surface area (Å²) in [5.74, 6) is -3.04. The van der Waals surface area contributed by atoms with Crippen LogP contribution in [0.15, 0.2) is 0 Å². The number of carbonyl (C=O) groups excluding carboxylic acids is 2. The fourth-order valence-corrected chi connectivity index (χ4v) is 1.01. The first-order valence-electron chi connectivity index (χ1n) is 3.07. The third-order valence-corrected chi connectivity index (χ3v) is 1.62. The number of aliphatic carboxylic acids is 1. The summed E-state index contributed by atoms with van der Waals surface area (Å²) < 4.78 is 0. The Labute approximate surface area is 62.4 Å². The highest BCUT2D eigenvalue weighted by Gasteiger charge is 2.47. The number of hydrogen-bond acceptors (Lipinski definition) is 3. The number of carboxylic acid groups (broad SMARTS) is 1. The molecule has 1 aliphatic heterocycles. The Balaban J connectivity index is 2.69. The number of Topliss-reactive ketones (excluding diaryl/α,β-unsaturated/α-hetero) is 1. The standard InChI is InChI=1S/C6H7NO4/c1-2(8)3-4(6(10)11)7-5(3)9/h3-4H,1H3,(H,7,9)(H,10,11). The van der Waals surface area contributed by atoms with Crippen LogP contribution in [0.2, 0.25) is 0 Å². The topological polar surface area (TPSA) is 83.5 Å². The van der Waals surface area contributed by atoms with Crippen LogP contribution in [0.25, 0.3) is 0 Å². The molecular formula is C6H7NO4. The molecule has 0 aliphatic carbocycles. The van der Waals surface area contributed by atoms with Crippen LogP contribution in [-0.4, -0.2) is 28.8 Å². The summed E-state index contributed by atoms with van der Waals surface area (Å²) in [6, 6.07) is -1.01. The monoisotopic (exact) mass is 157 g/mol. The fraction of sp³-hybridized carbons (Fsp3) is 0.500. The highest BCUT2D eigenvalue weighted by Crippen LogP contribution is 2.15. The van der Waals surface area contributed by atoms with Crippen LogP contribution in [0, 0.1) is 5.92 Å². The average molecular weight is 157 g/mol. The molecule has 0 spiro atoms. The smallest absolute Gasteiger partial charge is 0.327 e. The van der Waals surface area contributed by atoms with Gasteiger partial charge in [0.2, 0.25) is 5.91 Å². The first-order valence-corrected chi connectivity index (χ1v) is 3.07. The molecule has 1 saturated heterocycles. The SMILES string of the molecule is CC(=O)C1C(=O)NC1C(=O)O. The van der Waals surface area contributed by atoms with Crippen LogP contribution < -0.4 is 5.32 Å². The molecule has 0 aromatic rings. The lowest BCUT2D eigenvalue weighted by Gasteiger charge is -2.31. The van der Waals surface area contributed by atoms with Gasteiger partial charge in [-0.2, -0.15) is 0 Å². The molecule has 5 nitrogen and oxygen atoms in total. The molecule has 11 heavy (non-hydrogen) atoms.